The average Bonchev–Trinajstić information content (AvgIpc) is 3.51. The molecule has 1 unspecified atom stereocenters. The molecule has 1 amide bonds. The Morgan fingerprint density at radius 3 is 2.56 bits per heavy atom. The van der Waals surface area contributed by atoms with Gasteiger partial charge in [0.15, 0.2) is 0 Å². The van der Waals surface area contributed by atoms with E-state index in [1.807, 2.05) is 11.0 Å². The first-order valence-electron chi connectivity index (χ1n) is 10.3. The Bertz CT molecular complexity index is 716. The van der Waals surface area contributed by atoms with Crippen molar-refractivity contribution >= 4 is 15.9 Å². The summed E-state index contributed by atoms with van der Waals surface area (Å²) in [6.45, 7) is 4.97. The van der Waals surface area contributed by atoms with Crippen LogP contribution in [0.15, 0.2) is 35.2 Å². The number of carbonyl (C=O) groups is 1. The van der Waals surface area contributed by atoms with Crippen LogP contribution in [0, 0.1) is 11.8 Å². The minimum atomic E-state index is -3.43. The molecular formula is C21H32N2O3S. The standard InChI is InChI=1S/C21H32N2O3S/c1-2-14-22(16-19-10-11-19)21(24)13-12-18-7-6-15-23(17-18)27(25,26)20-8-4-3-5-9-20/h3-5,8-9,18-19H,2,6-7,10-17H2,1H3. The molecule has 1 heterocycles. The normalized spacial score (nSPS) is 21.1. The second-order valence-electron chi connectivity index (χ2n) is 8.01. The van der Waals surface area contributed by atoms with Gasteiger partial charge >= 0.3 is 0 Å². The van der Waals surface area contributed by atoms with Gasteiger partial charge in [0.25, 0.3) is 0 Å². The topological polar surface area (TPSA) is 57.7 Å². The fourth-order valence-electron chi connectivity index (χ4n) is 3.91. The van der Waals surface area contributed by atoms with Crippen LogP contribution < -0.4 is 0 Å². The predicted octanol–water partition coefficient (Wildman–Crippen LogP) is 3.52. The molecule has 27 heavy (non-hydrogen) atoms. The van der Waals surface area contributed by atoms with Crippen molar-refractivity contribution in [3.63, 3.8) is 0 Å². The Morgan fingerprint density at radius 2 is 1.89 bits per heavy atom. The van der Waals surface area contributed by atoms with Gasteiger partial charge in [-0.15, -0.1) is 0 Å². The van der Waals surface area contributed by atoms with Gasteiger partial charge in [0.1, 0.15) is 0 Å². The first-order valence-corrected chi connectivity index (χ1v) is 11.8. The molecule has 1 aliphatic heterocycles. The number of amides is 1. The van der Waals surface area contributed by atoms with E-state index in [1.165, 1.54) is 12.8 Å². The largest absolute Gasteiger partial charge is 0.342 e. The van der Waals surface area contributed by atoms with Gasteiger partial charge in [0, 0.05) is 32.6 Å². The van der Waals surface area contributed by atoms with Crippen LogP contribution in [0.25, 0.3) is 0 Å². The summed E-state index contributed by atoms with van der Waals surface area (Å²) in [5.41, 5.74) is 0. The molecule has 1 aliphatic carbocycles. The molecule has 0 spiro atoms. The maximum absolute atomic E-state index is 12.8. The number of rotatable bonds is 9. The van der Waals surface area contributed by atoms with Gasteiger partial charge in [-0.1, -0.05) is 25.1 Å². The highest BCUT2D eigenvalue weighted by atomic mass is 32.2. The molecule has 1 atom stereocenters. The van der Waals surface area contributed by atoms with Crippen molar-refractivity contribution in [2.45, 2.75) is 56.8 Å². The fourth-order valence-corrected chi connectivity index (χ4v) is 5.48. The summed E-state index contributed by atoms with van der Waals surface area (Å²) in [7, 11) is -3.43. The number of carbonyl (C=O) groups excluding carboxylic acids is 1. The third-order valence-electron chi connectivity index (χ3n) is 5.65. The molecule has 1 aromatic rings. The van der Waals surface area contributed by atoms with E-state index in [4.69, 9.17) is 0 Å². The number of benzene rings is 1. The molecule has 0 aromatic heterocycles. The third kappa shape index (κ3) is 5.55. The van der Waals surface area contributed by atoms with E-state index in [2.05, 4.69) is 6.92 Å². The average molecular weight is 393 g/mol. The Hall–Kier alpha value is -1.40. The minimum absolute atomic E-state index is 0.242. The Kier molecular flexibility index (Phi) is 6.93. The van der Waals surface area contributed by atoms with Gasteiger partial charge in [-0.05, 0) is 62.5 Å². The summed E-state index contributed by atoms with van der Waals surface area (Å²) in [6.07, 6.45) is 6.69. The zero-order valence-corrected chi connectivity index (χ0v) is 17.2. The van der Waals surface area contributed by atoms with E-state index in [9.17, 15) is 13.2 Å². The predicted molar refractivity (Wildman–Crippen MR) is 107 cm³/mol. The van der Waals surface area contributed by atoms with Crippen LogP contribution in [-0.2, 0) is 14.8 Å². The number of piperidine rings is 1. The number of nitrogens with zero attached hydrogens (tertiary/aromatic N) is 2. The van der Waals surface area contributed by atoms with Gasteiger partial charge in [-0.25, -0.2) is 8.42 Å². The lowest BCUT2D eigenvalue weighted by atomic mass is 9.94. The van der Waals surface area contributed by atoms with Gasteiger partial charge in [-0.3, -0.25) is 4.79 Å². The van der Waals surface area contributed by atoms with Crippen molar-refractivity contribution in [3.05, 3.63) is 30.3 Å². The maximum atomic E-state index is 12.8. The monoisotopic (exact) mass is 392 g/mol. The third-order valence-corrected chi connectivity index (χ3v) is 7.53. The first-order chi connectivity index (χ1) is 13.0. The van der Waals surface area contributed by atoms with Crippen LogP contribution in [0.2, 0.25) is 0 Å². The van der Waals surface area contributed by atoms with E-state index >= 15 is 0 Å². The highest BCUT2D eigenvalue weighted by Gasteiger charge is 2.31. The Balaban J connectivity index is 1.54. The van der Waals surface area contributed by atoms with E-state index in [0.29, 0.717) is 30.3 Å². The second kappa shape index (κ2) is 9.20. The summed E-state index contributed by atoms with van der Waals surface area (Å²) in [5.74, 6) is 1.22. The molecule has 0 radical (unpaired) electrons. The first kappa shape index (κ1) is 20.3. The van der Waals surface area contributed by atoms with E-state index < -0.39 is 10.0 Å². The summed E-state index contributed by atoms with van der Waals surface area (Å²) >= 11 is 0. The number of hydrogen-bond donors (Lipinski definition) is 0. The highest BCUT2D eigenvalue weighted by molar-refractivity contribution is 7.89. The molecule has 5 nitrogen and oxygen atoms in total. The lowest BCUT2D eigenvalue weighted by Gasteiger charge is -2.32. The van der Waals surface area contributed by atoms with Gasteiger partial charge < -0.3 is 4.90 Å². The molecule has 0 bridgehead atoms. The van der Waals surface area contributed by atoms with Gasteiger partial charge in [-0.2, -0.15) is 4.31 Å². The van der Waals surface area contributed by atoms with Crippen LogP contribution in [0.1, 0.15) is 51.9 Å². The molecule has 1 saturated carbocycles. The number of hydrogen-bond acceptors (Lipinski definition) is 3. The van der Waals surface area contributed by atoms with Crippen LogP contribution in [-0.4, -0.2) is 49.7 Å². The van der Waals surface area contributed by atoms with Crippen molar-refractivity contribution in [1.29, 1.82) is 0 Å². The molecule has 6 heteroatoms. The van der Waals surface area contributed by atoms with Gasteiger partial charge in [0.05, 0.1) is 4.90 Å². The summed E-state index contributed by atoms with van der Waals surface area (Å²) in [6, 6.07) is 8.66. The van der Waals surface area contributed by atoms with Crippen LogP contribution in [0.4, 0.5) is 0 Å². The molecule has 0 N–H and O–H groups in total. The van der Waals surface area contributed by atoms with Crippen LogP contribution >= 0.6 is 0 Å². The molecule has 150 valence electrons. The van der Waals surface area contributed by atoms with E-state index in [0.717, 1.165) is 38.8 Å². The summed E-state index contributed by atoms with van der Waals surface area (Å²) < 4.78 is 27.3. The highest BCUT2D eigenvalue weighted by Crippen LogP contribution is 2.30. The smallest absolute Gasteiger partial charge is 0.243 e. The fraction of sp³-hybridized carbons (Fsp3) is 0.667. The van der Waals surface area contributed by atoms with Crippen molar-refractivity contribution in [3.8, 4) is 0 Å². The molecule has 1 aromatic carbocycles. The van der Waals surface area contributed by atoms with Crippen molar-refractivity contribution < 1.29 is 13.2 Å². The van der Waals surface area contributed by atoms with Crippen LogP contribution in [0.5, 0.6) is 0 Å². The Labute approximate surface area is 163 Å². The van der Waals surface area contributed by atoms with Crippen molar-refractivity contribution in [2.75, 3.05) is 26.2 Å². The van der Waals surface area contributed by atoms with Crippen molar-refractivity contribution in [1.82, 2.24) is 9.21 Å². The maximum Gasteiger partial charge on any atom is 0.243 e. The lowest BCUT2D eigenvalue weighted by molar-refractivity contribution is -0.131. The number of sulfonamides is 1. The van der Waals surface area contributed by atoms with E-state index in [1.54, 1.807) is 28.6 Å². The quantitative estimate of drug-likeness (QED) is 0.646. The van der Waals surface area contributed by atoms with Gasteiger partial charge in [0.2, 0.25) is 15.9 Å². The van der Waals surface area contributed by atoms with E-state index in [-0.39, 0.29) is 11.8 Å². The summed E-state index contributed by atoms with van der Waals surface area (Å²) in [5, 5.41) is 0. The molecular weight excluding hydrogens is 360 g/mol. The lowest BCUT2D eigenvalue weighted by Crippen LogP contribution is -2.40. The second-order valence-corrected chi connectivity index (χ2v) is 9.94. The molecule has 2 fully saturated rings. The van der Waals surface area contributed by atoms with Crippen LogP contribution in [0.3, 0.4) is 0 Å². The molecule has 2 aliphatic rings. The molecule has 1 saturated heterocycles. The summed E-state index contributed by atoms with van der Waals surface area (Å²) in [4.78, 5) is 15.0. The molecule has 3 rings (SSSR count). The zero-order chi connectivity index (χ0) is 19.3. The zero-order valence-electron chi connectivity index (χ0n) is 16.3. The van der Waals surface area contributed by atoms with Crippen molar-refractivity contribution in [2.24, 2.45) is 11.8 Å². The Morgan fingerprint density at radius 1 is 1.15 bits per heavy atom. The SMILES string of the molecule is CCCN(CC1CC1)C(=O)CCC1CCCN(S(=O)(=O)c2ccccc2)C1. The minimum Gasteiger partial charge on any atom is -0.342 e.